The Bertz CT molecular complexity index is 1060. The largest absolute Gasteiger partial charge is 0.460 e. The highest BCUT2D eigenvalue weighted by molar-refractivity contribution is 7.89. The van der Waals surface area contributed by atoms with Crippen molar-refractivity contribution in [2.75, 3.05) is 0 Å². The van der Waals surface area contributed by atoms with Crippen molar-refractivity contribution >= 4 is 22.0 Å². The van der Waals surface area contributed by atoms with Crippen molar-refractivity contribution in [2.45, 2.75) is 56.5 Å². The molecular weight excluding hydrogens is 402 g/mol. The third kappa shape index (κ3) is 5.81. The molecule has 8 heteroatoms. The standard InChI is InChI=1S/C22H25N3O4S/c1-16-7-11-21(12-8-16)30(27,28)24-15-20-10-9-19(29-20)13-17(14-23)22(26)25-18-5-3-2-4-6-18/h7-13,18,24H,2-6,15H2,1H3,(H,25,26). The van der Waals surface area contributed by atoms with Gasteiger partial charge in [0.15, 0.2) is 0 Å². The Hall–Kier alpha value is -2.89. The van der Waals surface area contributed by atoms with Crippen molar-refractivity contribution in [1.29, 1.82) is 5.26 Å². The van der Waals surface area contributed by atoms with Crippen LogP contribution in [-0.2, 0) is 21.4 Å². The third-order valence-corrected chi connectivity index (χ3v) is 6.46. The van der Waals surface area contributed by atoms with Gasteiger partial charge in [-0.1, -0.05) is 37.0 Å². The molecule has 1 heterocycles. The van der Waals surface area contributed by atoms with Crippen molar-refractivity contribution in [1.82, 2.24) is 10.0 Å². The van der Waals surface area contributed by atoms with Gasteiger partial charge in [-0.3, -0.25) is 4.79 Å². The first-order valence-electron chi connectivity index (χ1n) is 9.95. The van der Waals surface area contributed by atoms with Crippen molar-refractivity contribution in [3.05, 3.63) is 59.1 Å². The van der Waals surface area contributed by atoms with Crippen molar-refractivity contribution in [2.24, 2.45) is 0 Å². The topological polar surface area (TPSA) is 112 Å². The average molecular weight is 428 g/mol. The molecule has 1 aliphatic carbocycles. The Morgan fingerprint density at radius 1 is 1.17 bits per heavy atom. The number of nitrogens with zero attached hydrogens (tertiary/aromatic N) is 1. The molecule has 1 aliphatic rings. The summed E-state index contributed by atoms with van der Waals surface area (Å²) in [7, 11) is -3.67. The maximum absolute atomic E-state index is 12.4. The lowest BCUT2D eigenvalue weighted by molar-refractivity contribution is -0.117. The molecule has 158 valence electrons. The molecule has 0 aliphatic heterocycles. The van der Waals surface area contributed by atoms with Gasteiger partial charge in [-0.05, 0) is 44.0 Å². The Morgan fingerprint density at radius 2 is 1.87 bits per heavy atom. The zero-order chi connectivity index (χ0) is 21.6. The lowest BCUT2D eigenvalue weighted by atomic mass is 9.95. The van der Waals surface area contributed by atoms with E-state index in [9.17, 15) is 18.5 Å². The zero-order valence-electron chi connectivity index (χ0n) is 16.8. The third-order valence-electron chi connectivity index (χ3n) is 5.04. The fourth-order valence-electron chi connectivity index (χ4n) is 3.33. The summed E-state index contributed by atoms with van der Waals surface area (Å²) in [5.74, 6) is 0.277. The van der Waals surface area contributed by atoms with Crippen LogP contribution in [0.25, 0.3) is 6.08 Å². The lowest BCUT2D eigenvalue weighted by Gasteiger charge is -2.22. The molecule has 7 nitrogen and oxygen atoms in total. The fourth-order valence-corrected chi connectivity index (χ4v) is 4.33. The molecule has 0 unspecified atom stereocenters. The Balaban J connectivity index is 1.62. The number of benzene rings is 1. The summed E-state index contributed by atoms with van der Waals surface area (Å²) in [4.78, 5) is 12.5. The summed E-state index contributed by atoms with van der Waals surface area (Å²) in [6.45, 7) is 1.84. The number of aryl methyl sites for hydroxylation is 1. The number of nitrogens with one attached hydrogen (secondary N) is 2. The average Bonchev–Trinajstić information content (AvgIpc) is 3.19. The van der Waals surface area contributed by atoms with Gasteiger partial charge in [-0.25, -0.2) is 13.1 Å². The smallest absolute Gasteiger partial charge is 0.262 e. The van der Waals surface area contributed by atoms with E-state index in [-0.39, 0.29) is 23.1 Å². The highest BCUT2D eigenvalue weighted by Crippen LogP contribution is 2.19. The molecule has 2 N–H and O–H groups in total. The van der Waals surface area contributed by atoms with Crippen LogP contribution in [0.5, 0.6) is 0 Å². The van der Waals surface area contributed by atoms with Crippen LogP contribution in [0.4, 0.5) is 0 Å². The maximum atomic E-state index is 12.4. The molecular formula is C22H25N3O4S. The van der Waals surface area contributed by atoms with Gasteiger partial charge >= 0.3 is 0 Å². The predicted molar refractivity (Wildman–Crippen MR) is 113 cm³/mol. The van der Waals surface area contributed by atoms with Crippen LogP contribution in [0, 0.1) is 18.3 Å². The predicted octanol–water partition coefficient (Wildman–Crippen LogP) is 3.42. The molecule has 0 spiro atoms. The number of rotatable bonds is 7. The van der Waals surface area contributed by atoms with E-state index in [1.807, 2.05) is 13.0 Å². The van der Waals surface area contributed by atoms with E-state index < -0.39 is 15.9 Å². The first-order chi connectivity index (χ1) is 14.4. The number of carbonyl (C=O) groups is 1. The zero-order valence-corrected chi connectivity index (χ0v) is 17.7. The SMILES string of the molecule is Cc1ccc(S(=O)(=O)NCc2ccc(C=C(C#N)C(=O)NC3CCCCC3)o2)cc1. The molecule has 0 atom stereocenters. The van der Waals surface area contributed by atoms with Gasteiger partial charge in [0.25, 0.3) is 5.91 Å². The summed E-state index contributed by atoms with van der Waals surface area (Å²) >= 11 is 0. The number of carbonyl (C=O) groups excluding carboxylic acids is 1. The van der Waals surface area contributed by atoms with Crippen molar-refractivity contribution < 1.29 is 17.6 Å². The number of amides is 1. The summed E-state index contributed by atoms with van der Waals surface area (Å²) in [5.41, 5.74) is 0.930. The molecule has 0 bridgehead atoms. The highest BCUT2D eigenvalue weighted by Gasteiger charge is 2.19. The second-order valence-electron chi connectivity index (χ2n) is 7.42. The number of sulfonamides is 1. The fraction of sp³-hybridized carbons (Fsp3) is 0.364. The maximum Gasteiger partial charge on any atom is 0.262 e. The summed E-state index contributed by atoms with van der Waals surface area (Å²) in [5, 5.41) is 12.2. The van der Waals surface area contributed by atoms with Gasteiger partial charge in [-0.15, -0.1) is 0 Å². The second-order valence-corrected chi connectivity index (χ2v) is 9.19. The highest BCUT2D eigenvalue weighted by atomic mass is 32.2. The van der Waals surface area contributed by atoms with Gasteiger partial charge in [0.2, 0.25) is 10.0 Å². The number of nitriles is 1. The normalized spacial score (nSPS) is 15.5. The van der Waals surface area contributed by atoms with Crippen molar-refractivity contribution in [3.63, 3.8) is 0 Å². The Kier molecular flexibility index (Phi) is 7.08. The molecule has 0 radical (unpaired) electrons. The van der Waals surface area contributed by atoms with E-state index in [4.69, 9.17) is 4.42 Å². The van der Waals surface area contributed by atoms with E-state index in [2.05, 4.69) is 10.0 Å². The molecule has 1 aromatic heterocycles. The molecule has 1 amide bonds. The molecule has 1 fully saturated rings. The molecule has 0 saturated heterocycles. The second kappa shape index (κ2) is 9.74. The van der Waals surface area contributed by atoms with Gasteiger partial charge < -0.3 is 9.73 Å². The first kappa shape index (κ1) is 21.8. The molecule has 30 heavy (non-hydrogen) atoms. The minimum Gasteiger partial charge on any atom is -0.460 e. The van der Waals surface area contributed by atoms with Gasteiger partial charge in [0.1, 0.15) is 23.2 Å². The van der Waals surface area contributed by atoms with Crippen LogP contribution >= 0.6 is 0 Å². The van der Waals surface area contributed by atoms with Crippen LogP contribution in [0.2, 0.25) is 0 Å². The lowest BCUT2D eigenvalue weighted by Crippen LogP contribution is -2.36. The van der Waals surface area contributed by atoms with Crippen molar-refractivity contribution in [3.8, 4) is 6.07 Å². The number of hydrogen-bond acceptors (Lipinski definition) is 5. The van der Waals surface area contributed by atoms with Crippen LogP contribution in [0.3, 0.4) is 0 Å². The first-order valence-corrected chi connectivity index (χ1v) is 11.4. The summed E-state index contributed by atoms with van der Waals surface area (Å²) < 4.78 is 32.8. The molecule has 1 saturated carbocycles. The molecule has 1 aromatic carbocycles. The van der Waals surface area contributed by atoms with Crippen LogP contribution in [0.15, 0.2) is 51.3 Å². The minimum atomic E-state index is -3.67. The van der Waals surface area contributed by atoms with E-state index in [1.54, 1.807) is 24.3 Å². The minimum absolute atomic E-state index is 0.0401. The van der Waals surface area contributed by atoms with Gasteiger partial charge in [0, 0.05) is 12.1 Å². The summed E-state index contributed by atoms with van der Waals surface area (Å²) in [6.07, 6.45) is 6.56. The quantitative estimate of drug-likeness (QED) is 0.519. The van der Waals surface area contributed by atoms with E-state index in [1.165, 1.54) is 24.6 Å². The summed E-state index contributed by atoms with van der Waals surface area (Å²) in [6, 6.07) is 11.8. The van der Waals surface area contributed by atoms with E-state index in [0.717, 1.165) is 31.2 Å². The van der Waals surface area contributed by atoms with Crippen LogP contribution < -0.4 is 10.0 Å². The Morgan fingerprint density at radius 3 is 2.53 bits per heavy atom. The van der Waals surface area contributed by atoms with E-state index in [0.29, 0.717) is 11.5 Å². The number of hydrogen-bond donors (Lipinski definition) is 2. The van der Waals surface area contributed by atoms with Gasteiger partial charge in [-0.2, -0.15) is 5.26 Å². The van der Waals surface area contributed by atoms with Crippen LogP contribution in [-0.4, -0.2) is 20.4 Å². The van der Waals surface area contributed by atoms with Gasteiger partial charge in [0.05, 0.1) is 11.4 Å². The monoisotopic (exact) mass is 427 g/mol. The Labute approximate surface area is 176 Å². The van der Waals surface area contributed by atoms with E-state index >= 15 is 0 Å². The number of furan rings is 1. The van der Waals surface area contributed by atoms with Crippen LogP contribution in [0.1, 0.15) is 49.2 Å². The molecule has 3 rings (SSSR count). The molecule has 2 aromatic rings.